The van der Waals surface area contributed by atoms with Crippen LogP contribution < -0.4 is 4.72 Å². The minimum atomic E-state index is -3.97. The van der Waals surface area contributed by atoms with E-state index >= 15 is 0 Å². The van der Waals surface area contributed by atoms with Gasteiger partial charge in [-0.2, -0.15) is 0 Å². The van der Waals surface area contributed by atoms with Crippen LogP contribution in [-0.4, -0.2) is 19.2 Å². The van der Waals surface area contributed by atoms with Crippen molar-refractivity contribution in [2.75, 3.05) is 4.72 Å². The molecule has 156 valence electrons. The maximum absolute atomic E-state index is 13.0. The molecule has 0 saturated heterocycles. The number of benzene rings is 2. The van der Waals surface area contributed by atoms with E-state index < -0.39 is 15.8 Å². The Kier molecular flexibility index (Phi) is 6.22. The predicted octanol–water partition coefficient (Wildman–Crippen LogP) is 5.72. The van der Waals surface area contributed by atoms with Crippen molar-refractivity contribution in [1.29, 1.82) is 0 Å². The molecule has 2 aromatic carbocycles. The second-order valence-electron chi connectivity index (χ2n) is 7.74. The lowest BCUT2D eigenvalue weighted by Gasteiger charge is -2.19. The van der Waals surface area contributed by atoms with E-state index in [0.29, 0.717) is 0 Å². The topological polar surface area (TPSA) is 76.1 Å². The summed E-state index contributed by atoms with van der Waals surface area (Å²) in [5.74, 6) is -0.516. The molecule has 3 aromatic rings. The number of sulfonamides is 1. The zero-order chi connectivity index (χ0) is 22.1. The van der Waals surface area contributed by atoms with E-state index in [4.69, 9.17) is 23.2 Å². The van der Waals surface area contributed by atoms with Gasteiger partial charge in [-0.3, -0.25) is 9.52 Å². The Balaban J connectivity index is 1.99. The second-order valence-corrected chi connectivity index (χ2v) is 10.3. The molecular weight excluding hydrogens is 443 g/mol. The summed E-state index contributed by atoms with van der Waals surface area (Å²) >= 11 is 12.1. The molecule has 3 rings (SSSR count). The average molecular weight is 463 g/mol. The first kappa shape index (κ1) is 22.3. The van der Waals surface area contributed by atoms with Crippen molar-refractivity contribution >= 4 is 44.7 Å². The first-order valence-electron chi connectivity index (χ1n) is 9.07. The minimum Gasteiger partial charge on any atom is -0.287 e. The van der Waals surface area contributed by atoms with Crippen LogP contribution in [0.25, 0.3) is 0 Å². The van der Waals surface area contributed by atoms with Gasteiger partial charge in [0, 0.05) is 11.8 Å². The monoisotopic (exact) mass is 462 g/mol. The first-order chi connectivity index (χ1) is 14.0. The van der Waals surface area contributed by atoms with Crippen molar-refractivity contribution in [1.82, 2.24) is 4.98 Å². The van der Waals surface area contributed by atoms with Crippen molar-refractivity contribution in [3.8, 4) is 0 Å². The molecule has 0 radical (unpaired) electrons. The molecule has 0 aliphatic rings. The van der Waals surface area contributed by atoms with Crippen LogP contribution in [0.3, 0.4) is 0 Å². The number of nitrogens with one attached hydrogen (secondary N) is 1. The number of hydrogen-bond donors (Lipinski definition) is 1. The SMILES string of the molecule is CC(C)(C)c1ccc(S(=O)(=O)Nc2cc(Cl)cnc2C(=O)c2ccccc2Cl)cc1. The van der Waals surface area contributed by atoms with E-state index in [1.807, 2.05) is 20.8 Å². The van der Waals surface area contributed by atoms with E-state index in [2.05, 4.69) is 9.71 Å². The van der Waals surface area contributed by atoms with Crippen LogP contribution in [0.5, 0.6) is 0 Å². The molecule has 1 aromatic heterocycles. The molecule has 0 aliphatic heterocycles. The van der Waals surface area contributed by atoms with Crippen LogP contribution >= 0.6 is 23.2 Å². The average Bonchev–Trinajstić information content (AvgIpc) is 2.67. The zero-order valence-corrected chi connectivity index (χ0v) is 18.9. The number of rotatable bonds is 5. The summed E-state index contributed by atoms with van der Waals surface area (Å²) in [5.41, 5.74) is 0.986. The molecule has 0 atom stereocenters. The van der Waals surface area contributed by atoms with Gasteiger partial charge < -0.3 is 0 Å². The van der Waals surface area contributed by atoms with E-state index in [1.165, 1.54) is 24.4 Å². The molecule has 0 saturated carbocycles. The highest BCUT2D eigenvalue weighted by Crippen LogP contribution is 2.28. The summed E-state index contributed by atoms with van der Waals surface area (Å²) in [7, 11) is -3.97. The lowest BCUT2D eigenvalue weighted by molar-refractivity contribution is 0.103. The fourth-order valence-corrected chi connectivity index (χ4v) is 4.25. The fourth-order valence-electron chi connectivity index (χ4n) is 2.81. The van der Waals surface area contributed by atoms with Crippen LogP contribution in [-0.2, 0) is 15.4 Å². The number of hydrogen-bond acceptors (Lipinski definition) is 4. The number of nitrogens with zero attached hydrogens (tertiary/aromatic N) is 1. The molecule has 5 nitrogen and oxygen atoms in total. The summed E-state index contributed by atoms with van der Waals surface area (Å²) in [6.07, 6.45) is 1.28. The molecule has 1 N–H and O–H groups in total. The van der Waals surface area contributed by atoms with Crippen LogP contribution in [0.15, 0.2) is 65.7 Å². The fraction of sp³-hybridized carbons (Fsp3) is 0.182. The first-order valence-corrected chi connectivity index (χ1v) is 11.3. The number of carbonyl (C=O) groups is 1. The number of halogens is 2. The maximum atomic E-state index is 13.0. The number of aromatic nitrogens is 1. The van der Waals surface area contributed by atoms with Gasteiger partial charge in [-0.1, -0.05) is 68.2 Å². The third kappa shape index (κ3) is 4.83. The molecule has 1 heterocycles. The van der Waals surface area contributed by atoms with E-state index in [-0.39, 0.29) is 37.3 Å². The highest BCUT2D eigenvalue weighted by Gasteiger charge is 2.23. The lowest BCUT2D eigenvalue weighted by atomic mass is 9.87. The van der Waals surface area contributed by atoms with E-state index in [9.17, 15) is 13.2 Å². The molecule has 8 heteroatoms. The van der Waals surface area contributed by atoms with E-state index in [1.54, 1.807) is 36.4 Å². The Morgan fingerprint density at radius 1 is 1.00 bits per heavy atom. The number of ketones is 1. The van der Waals surface area contributed by atoms with Gasteiger partial charge in [-0.25, -0.2) is 13.4 Å². The molecule has 0 unspecified atom stereocenters. The van der Waals surface area contributed by atoms with Gasteiger partial charge in [-0.15, -0.1) is 0 Å². The van der Waals surface area contributed by atoms with Crippen molar-refractivity contribution < 1.29 is 13.2 Å². The second kappa shape index (κ2) is 8.38. The van der Waals surface area contributed by atoms with Gasteiger partial charge in [-0.05, 0) is 41.3 Å². The van der Waals surface area contributed by atoms with Gasteiger partial charge in [0.25, 0.3) is 10.0 Å². The standard InChI is InChI=1S/C22H20Cl2N2O3S/c1-22(2,3)14-8-10-16(11-9-14)30(28,29)26-19-12-15(23)13-25-20(19)21(27)17-6-4-5-7-18(17)24/h4-13,26H,1-3H3. The van der Waals surface area contributed by atoms with Gasteiger partial charge >= 0.3 is 0 Å². The van der Waals surface area contributed by atoms with Crippen LogP contribution in [0, 0.1) is 0 Å². The maximum Gasteiger partial charge on any atom is 0.261 e. The molecule has 0 aliphatic carbocycles. The molecular formula is C22H20Cl2N2O3S. The molecule has 0 amide bonds. The van der Waals surface area contributed by atoms with Gasteiger partial charge in [0.2, 0.25) is 5.78 Å². The minimum absolute atomic E-state index is 0.0210. The normalized spacial score (nSPS) is 11.9. The van der Waals surface area contributed by atoms with Crippen LogP contribution in [0.4, 0.5) is 5.69 Å². The van der Waals surface area contributed by atoms with Gasteiger partial charge in [0.1, 0.15) is 5.69 Å². The van der Waals surface area contributed by atoms with Crippen molar-refractivity contribution in [3.63, 3.8) is 0 Å². The Bertz CT molecular complexity index is 1200. The molecule has 0 fully saturated rings. The van der Waals surface area contributed by atoms with Crippen LogP contribution in [0.1, 0.15) is 42.4 Å². The Morgan fingerprint density at radius 3 is 2.23 bits per heavy atom. The Labute approximate surface area is 186 Å². The van der Waals surface area contributed by atoms with E-state index in [0.717, 1.165) is 5.56 Å². The third-order valence-electron chi connectivity index (χ3n) is 4.46. The molecule has 0 bridgehead atoms. The smallest absolute Gasteiger partial charge is 0.261 e. The number of carbonyl (C=O) groups excluding carboxylic acids is 1. The van der Waals surface area contributed by atoms with Crippen molar-refractivity contribution in [2.45, 2.75) is 31.1 Å². The van der Waals surface area contributed by atoms with Gasteiger partial charge in [0.05, 0.1) is 20.6 Å². The number of pyridine rings is 1. The Morgan fingerprint density at radius 2 is 1.63 bits per heavy atom. The van der Waals surface area contributed by atoms with Gasteiger partial charge in [0.15, 0.2) is 0 Å². The highest BCUT2D eigenvalue weighted by atomic mass is 35.5. The summed E-state index contributed by atoms with van der Waals surface area (Å²) in [4.78, 5) is 17.1. The quantitative estimate of drug-likeness (QED) is 0.492. The molecule has 30 heavy (non-hydrogen) atoms. The molecule has 0 spiro atoms. The highest BCUT2D eigenvalue weighted by molar-refractivity contribution is 7.92. The van der Waals surface area contributed by atoms with Crippen LogP contribution in [0.2, 0.25) is 10.0 Å². The third-order valence-corrected chi connectivity index (χ3v) is 6.38. The summed E-state index contributed by atoms with van der Waals surface area (Å²) in [6.45, 7) is 6.12. The van der Waals surface area contributed by atoms with Crippen molar-refractivity contribution in [2.24, 2.45) is 0 Å². The predicted molar refractivity (Wildman–Crippen MR) is 120 cm³/mol. The Hall–Kier alpha value is -2.41. The zero-order valence-electron chi connectivity index (χ0n) is 16.6. The summed E-state index contributed by atoms with van der Waals surface area (Å²) in [6, 6.07) is 14.4. The number of anilines is 1. The largest absolute Gasteiger partial charge is 0.287 e. The lowest BCUT2D eigenvalue weighted by Crippen LogP contribution is -2.18. The summed E-state index contributed by atoms with van der Waals surface area (Å²) in [5, 5.41) is 0.428. The summed E-state index contributed by atoms with van der Waals surface area (Å²) < 4.78 is 28.3. The van der Waals surface area contributed by atoms with Crippen molar-refractivity contribution in [3.05, 3.63) is 87.7 Å².